The van der Waals surface area contributed by atoms with Crippen LogP contribution >= 0.6 is 0 Å². The lowest BCUT2D eigenvalue weighted by Gasteiger charge is -2.13. The van der Waals surface area contributed by atoms with Gasteiger partial charge in [-0.3, -0.25) is 4.55 Å². The second kappa shape index (κ2) is 10.1. The SMILES string of the molecule is CCOc1ccccc1CC(C)NO.Cc1ccc(S(=O)(=O)O)cc1. The van der Waals surface area contributed by atoms with E-state index in [2.05, 4.69) is 5.48 Å². The molecule has 0 saturated carbocycles. The van der Waals surface area contributed by atoms with Crippen molar-refractivity contribution in [3.63, 3.8) is 0 Å². The monoisotopic (exact) mass is 367 g/mol. The molecule has 0 aromatic heterocycles. The fourth-order valence-electron chi connectivity index (χ4n) is 2.05. The van der Waals surface area contributed by atoms with E-state index in [4.69, 9.17) is 14.5 Å². The summed E-state index contributed by atoms with van der Waals surface area (Å²) in [5.41, 5.74) is 4.30. The summed E-state index contributed by atoms with van der Waals surface area (Å²) in [6.07, 6.45) is 0.757. The number of ether oxygens (including phenoxy) is 1. The van der Waals surface area contributed by atoms with Gasteiger partial charge in [0.25, 0.3) is 10.1 Å². The van der Waals surface area contributed by atoms with Gasteiger partial charge in [0.05, 0.1) is 11.5 Å². The van der Waals surface area contributed by atoms with Crippen molar-refractivity contribution in [2.75, 3.05) is 6.61 Å². The fourth-order valence-corrected chi connectivity index (χ4v) is 2.53. The Kier molecular flexibility index (Phi) is 8.57. The molecule has 0 aliphatic heterocycles. The molecule has 0 amide bonds. The average molecular weight is 367 g/mol. The van der Waals surface area contributed by atoms with E-state index in [1.807, 2.05) is 45.0 Å². The molecule has 0 spiro atoms. The quantitative estimate of drug-likeness (QED) is 0.536. The Morgan fingerprint density at radius 3 is 2.24 bits per heavy atom. The summed E-state index contributed by atoms with van der Waals surface area (Å²) < 4.78 is 35.0. The lowest BCUT2D eigenvalue weighted by Crippen LogP contribution is -2.24. The number of aryl methyl sites for hydroxylation is 1. The summed E-state index contributed by atoms with van der Waals surface area (Å²) in [7, 11) is -4.02. The molecule has 0 aliphatic rings. The van der Waals surface area contributed by atoms with E-state index in [1.165, 1.54) is 12.1 Å². The van der Waals surface area contributed by atoms with E-state index in [0.717, 1.165) is 23.3 Å². The highest BCUT2D eigenvalue weighted by atomic mass is 32.2. The number of nitrogens with one attached hydrogen (secondary N) is 1. The van der Waals surface area contributed by atoms with E-state index in [0.29, 0.717) is 6.61 Å². The molecular weight excluding hydrogens is 342 g/mol. The largest absolute Gasteiger partial charge is 0.494 e. The van der Waals surface area contributed by atoms with Crippen LogP contribution in [-0.4, -0.2) is 30.8 Å². The Morgan fingerprint density at radius 1 is 1.12 bits per heavy atom. The van der Waals surface area contributed by atoms with Gasteiger partial charge in [-0.15, -0.1) is 0 Å². The van der Waals surface area contributed by atoms with Crippen molar-refractivity contribution in [1.82, 2.24) is 5.48 Å². The van der Waals surface area contributed by atoms with Gasteiger partial charge in [-0.05, 0) is 51.0 Å². The topological polar surface area (TPSA) is 95.9 Å². The first-order valence-corrected chi connectivity index (χ1v) is 9.36. The zero-order valence-corrected chi connectivity index (χ0v) is 15.5. The lowest BCUT2D eigenvalue weighted by molar-refractivity contribution is 0.132. The summed E-state index contributed by atoms with van der Waals surface area (Å²) in [5, 5.41) is 8.73. The number of hydrogen-bond acceptors (Lipinski definition) is 5. The van der Waals surface area contributed by atoms with Crippen LogP contribution in [0, 0.1) is 6.92 Å². The minimum atomic E-state index is -4.02. The standard InChI is InChI=1S/C11H17NO2.C7H8O3S/c1-3-14-11-7-5-4-6-10(11)8-9(2)12-13;1-6-2-4-7(5-3-6)11(8,9)10/h4-7,9,12-13H,3,8H2,1-2H3;2-5H,1H3,(H,8,9,10). The van der Waals surface area contributed by atoms with E-state index in [1.54, 1.807) is 12.1 Å². The third-order valence-electron chi connectivity index (χ3n) is 3.34. The Hall–Kier alpha value is -1.93. The first-order valence-electron chi connectivity index (χ1n) is 7.92. The lowest BCUT2D eigenvalue weighted by atomic mass is 10.1. The molecule has 1 atom stereocenters. The van der Waals surface area contributed by atoms with Crippen LogP contribution < -0.4 is 10.2 Å². The highest BCUT2D eigenvalue weighted by Gasteiger charge is 2.07. The molecule has 0 heterocycles. The van der Waals surface area contributed by atoms with Gasteiger partial charge in [0.2, 0.25) is 0 Å². The second-order valence-electron chi connectivity index (χ2n) is 5.56. The first-order chi connectivity index (χ1) is 11.8. The van der Waals surface area contributed by atoms with Gasteiger partial charge in [0.1, 0.15) is 5.75 Å². The average Bonchev–Trinajstić information content (AvgIpc) is 2.57. The number of hydroxylamine groups is 1. The van der Waals surface area contributed by atoms with Crippen molar-refractivity contribution in [1.29, 1.82) is 0 Å². The van der Waals surface area contributed by atoms with Crippen molar-refractivity contribution < 1.29 is 22.9 Å². The van der Waals surface area contributed by atoms with E-state index >= 15 is 0 Å². The van der Waals surface area contributed by atoms with E-state index in [9.17, 15) is 8.42 Å². The molecule has 25 heavy (non-hydrogen) atoms. The Morgan fingerprint density at radius 2 is 1.72 bits per heavy atom. The normalized spacial score (nSPS) is 12.0. The number of para-hydroxylation sites is 1. The van der Waals surface area contributed by atoms with Crippen LogP contribution in [0.2, 0.25) is 0 Å². The molecule has 6 nitrogen and oxygen atoms in total. The summed E-state index contributed by atoms with van der Waals surface area (Å²) in [6.45, 7) is 6.39. The third-order valence-corrected chi connectivity index (χ3v) is 4.21. The van der Waals surface area contributed by atoms with Gasteiger partial charge in [0, 0.05) is 6.04 Å². The van der Waals surface area contributed by atoms with Gasteiger partial charge in [-0.1, -0.05) is 35.9 Å². The Labute approximate surface area is 149 Å². The predicted molar refractivity (Wildman–Crippen MR) is 96.7 cm³/mol. The molecular formula is C18H25NO5S. The van der Waals surface area contributed by atoms with Crippen LogP contribution in [0.4, 0.5) is 0 Å². The molecule has 0 radical (unpaired) electrons. The van der Waals surface area contributed by atoms with Gasteiger partial charge < -0.3 is 9.94 Å². The molecule has 0 bridgehead atoms. The van der Waals surface area contributed by atoms with Crippen molar-refractivity contribution in [3.05, 3.63) is 59.7 Å². The van der Waals surface area contributed by atoms with E-state index in [-0.39, 0.29) is 10.9 Å². The van der Waals surface area contributed by atoms with Gasteiger partial charge in [-0.25, -0.2) is 5.48 Å². The number of benzene rings is 2. The summed E-state index contributed by atoms with van der Waals surface area (Å²) in [6, 6.07) is 13.9. The highest BCUT2D eigenvalue weighted by Crippen LogP contribution is 2.19. The van der Waals surface area contributed by atoms with Crippen LogP contribution in [0.1, 0.15) is 25.0 Å². The van der Waals surface area contributed by atoms with E-state index < -0.39 is 10.1 Å². The summed E-state index contributed by atoms with van der Waals surface area (Å²) >= 11 is 0. The minimum absolute atomic E-state index is 0.0385. The Balaban J connectivity index is 0.000000257. The van der Waals surface area contributed by atoms with Crippen molar-refractivity contribution in [2.24, 2.45) is 0 Å². The van der Waals surface area contributed by atoms with Crippen LogP contribution in [0.15, 0.2) is 53.4 Å². The highest BCUT2D eigenvalue weighted by molar-refractivity contribution is 7.85. The van der Waals surface area contributed by atoms with Gasteiger partial charge in [0.15, 0.2) is 0 Å². The number of hydrogen-bond donors (Lipinski definition) is 3. The molecule has 2 aromatic rings. The maximum absolute atomic E-state index is 10.5. The molecule has 0 fully saturated rings. The van der Waals surface area contributed by atoms with Crippen molar-refractivity contribution >= 4 is 10.1 Å². The first kappa shape index (κ1) is 21.1. The predicted octanol–water partition coefficient (Wildman–Crippen LogP) is 3.24. The van der Waals surface area contributed by atoms with Crippen molar-refractivity contribution in [2.45, 2.75) is 38.1 Å². The molecule has 1 unspecified atom stereocenters. The maximum atomic E-state index is 10.5. The third kappa shape index (κ3) is 7.66. The fraction of sp³-hybridized carbons (Fsp3) is 0.333. The minimum Gasteiger partial charge on any atom is -0.494 e. The van der Waals surface area contributed by atoms with Gasteiger partial charge >= 0.3 is 0 Å². The molecule has 3 N–H and O–H groups in total. The van der Waals surface area contributed by atoms with Crippen LogP contribution in [-0.2, 0) is 16.5 Å². The van der Waals surface area contributed by atoms with Crippen LogP contribution in [0.3, 0.4) is 0 Å². The number of rotatable bonds is 6. The Bertz CT molecular complexity index is 744. The van der Waals surface area contributed by atoms with Crippen LogP contribution in [0.5, 0.6) is 5.75 Å². The zero-order chi connectivity index (χ0) is 18.9. The molecule has 2 rings (SSSR count). The zero-order valence-electron chi connectivity index (χ0n) is 14.6. The molecule has 2 aromatic carbocycles. The summed E-state index contributed by atoms with van der Waals surface area (Å²) in [4.78, 5) is -0.0666. The molecule has 0 saturated heterocycles. The molecule has 7 heteroatoms. The summed E-state index contributed by atoms with van der Waals surface area (Å²) in [5.74, 6) is 0.900. The second-order valence-corrected chi connectivity index (χ2v) is 6.98. The van der Waals surface area contributed by atoms with Crippen LogP contribution in [0.25, 0.3) is 0 Å². The maximum Gasteiger partial charge on any atom is 0.294 e. The van der Waals surface area contributed by atoms with Gasteiger partial charge in [-0.2, -0.15) is 8.42 Å². The molecule has 0 aliphatic carbocycles. The smallest absolute Gasteiger partial charge is 0.294 e. The molecule has 138 valence electrons. The van der Waals surface area contributed by atoms with Crippen molar-refractivity contribution in [3.8, 4) is 5.75 Å².